The number of amides is 1. The van der Waals surface area contributed by atoms with E-state index in [9.17, 15) is 4.79 Å². The van der Waals surface area contributed by atoms with Gasteiger partial charge < -0.3 is 10.2 Å². The van der Waals surface area contributed by atoms with Gasteiger partial charge in [0, 0.05) is 39.1 Å². The molecule has 3 aromatic rings. The summed E-state index contributed by atoms with van der Waals surface area (Å²) < 4.78 is 1.91. The molecule has 0 bridgehead atoms. The molecule has 2 atom stereocenters. The number of benzene rings is 1. The van der Waals surface area contributed by atoms with Crippen LogP contribution in [-0.2, 0) is 18.3 Å². The summed E-state index contributed by atoms with van der Waals surface area (Å²) in [5, 5.41) is 19.0. The summed E-state index contributed by atoms with van der Waals surface area (Å²) in [7, 11) is 1.98. The van der Waals surface area contributed by atoms with Gasteiger partial charge in [0.05, 0.1) is 6.42 Å². The maximum absolute atomic E-state index is 12.5. The smallest absolute Gasteiger partial charge is 0.230 e. The Morgan fingerprint density at radius 3 is 2.73 bits per heavy atom. The van der Waals surface area contributed by atoms with Crippen LogP contribution < -0.4 is 10.2 Å². The highest BCUT2D eigenvalue weighted by molar-refractivity contribution is 7.15. The van der Waals surface area contributed by atoms with E-state index in [1.54, 1.807) is 11.5 Å². The van der Waals surface area contributed by atoms with E-state index in [2.05, 4.69) is 37.6 Å². The van der Waals surface area contributed by atoms with Crippen LogP contribution >= 0.6 is 22.9 Å². The van der Waals surface area contributed by atoms with Gasteiger partial charge in [-0.3, -0.25) is 4.79 Å². The van der Waals surface area contributed by atoms with Crippen LogP contribution in [0.2, 0.25) is 0 Å². The lowest BCUT2D eigenvalue weighted by atomic mass is 9.82. The number of anilines is 2. The van der Waals surface area contributed by atoms with E-state index >= 15 is 0 Å². The van der Waals surface area contributed by atoms with E-state index in [-0.39, 0.29) is 7.33 Å². The van der Waals surface area contributed by atoms with Gasteiger partial charge in [0.1, 0.15) is 10.0 Å². The van der Waals surface area contributed by atoms with E-state index in [1.165, 1.54) is 41.3 Å². The number of hydrogen-bond acceptors (Lipinski definition) is 7. The fourth-order valence-electron chi connectivity index (χ4n) is 4.31. The van der Waals surface area contributed by atoms with Crippen molar-refractivity contribution in [3.63, 3.8) is 0 Å². The Bertz CT molecular complexity index is 1010. The summed E-state index contributed by atoms with van der Waals surface area (Å²) >= 11 is 3.26. The molecule has 30 heavy (non-hydrogen) atoms. The van der Waals surface area contributed by atoms with Gasteiger partial charge in [-0.2, -0.15) is 5.10 Å². The van der Waals surface area contributed by atoms with Gasteiger partial charge in [0.25, 0.3) is 0 Å². The highest BCUT2D eigenvalue weighted by atomic mass is 32.1. The molecular formula is C21H28N6OS2. The quantitative estimate of drug-likeness (QED) is 0.609. The van der Waals surface area contributed by atoms with Crippen LogP contribution in [-0.4, -0.2) is 38.4 Å². The Morgan fingerprint density at radius 2 is 2.00 bits per heavy atom. The lowest BCUT2D eigenvalue weighted by molar-refractivity contribution is -0.115. The third-order valence-electron chi connectivity index (χ3n) is 6.02. The Balaban J connectivity index is 0.00000231. The Morgan fingerprint density at radius 1 is 1.20 bits per heavy atom. The zero-order valence-corrected chi connectivity index (χ0v) is 18.7. The predicted octanol–water partition coefficient (Wildman–Crippen LogP) is 4.41. The number of carbonyl (C=O) groups excluding carboxylic acids is 1. The van der Waals surface area contributed by atoms with Crippen LogP contribution in [0.25, 0.3) is 0 Å². The molecule has 1 saturated heterocycles. The molecule has 0 spiro atoms. The average molecular weight is 445 g/mol. The number of aryl methyl sites for hydroxylation is 1. The molecule has 1 aliphatic carbocycles. The largest absolute Gasteiger partial charge is 0.371 e. The molecule has 0 radical (unpaired) electrons. The zero-order chi connectivity index (χ0) is 20.5. The standard InChI is InChI=1S/C21H26N6OS2.H2/c1-26-25-20(30-26)16-7-3-6-15(13-16)19-23-24-21(29-19)22-18(28)12-14-5-2-8-17(11-14)27-9-4-10-27;/h2,5,8,11,15-16H,3-4,6-7,9-10,12-13H2,1H3,(H,22,24,28);1H/t15-,16-;/m0./s1. The lowest BCUT2D eigenvalue weighted by Gasteiger charge is -2.33. The molecule has 2 fully saturated rings. The van der Waals surface area contributed by atoms with Crippen LogP contribution in [0.15, 0.2) is 24.3 Å². The van der Waals surface area contributed by atoms with Crippen molar-refractivity contribution in [2.45, 2.75) is 50.4 Å². The first kappa shape index (κ1) is 19.7. The monoisotopic (exact) mass is 444 g/mol. The summed E-state index contributed by atoms with van der Waals surface area (Å²) in [6, 6.07) is 8.27. The van der Waals surface area contributed by atoms with Gasteiger partial charge in [-0.15, -0.1) is 10.2 Å². The van der Waals surface area contributed by atoms with E-state index < -0.39 is 0 Å². The molecule has 0 unspecified atom stereocenters. The fourth-order valence-corrected chi connectivity index (χ4v) is 6.03. The van der Waals surface area contributed by atoms with Crippen LogP contribution in [0.5, 0.6) is 0 Å². The Kier molecular flexibility index (Phi) is 5.56. The second kappa shape index (κ2) is 8.47. The molecule has 1 saturated carbocycles. The van der Waals surface area contributed by atoms with Gasteiger partial charge in [-0.05, 0) is 54.9 Å². The van der Waals surface area contributed by atoms with Gasteiger partial charge >= 0.3 is 0 Å². The normalized spacial score (nSPS) is 21.4. The molecule has 2 aromatic heterocycles. The van der Waals surface area contributed by atoms with Crippen molar-refractivity contribution in [3.05, 3.63) is 39.8 Å². The fraction of sp³-hybridized carbons (Fsp3) is 0.524. The van der Waals surface area contributed by atoms with Gasteiger partial charge in [0.15, 0.2) is 0 Å². The van der Waals surface area contributed by atoms with Crippen molar-refractivity contribution in [1.29, 1.82) is 0 Å². The maximum Gasteiger partial charge on any atom is 0.230 e. The molecule has 5 rings (SSSR count). The summed E-state index contributed by atoms with van der Waals surface area (Å²) in [4.78, 5) is 14.9. The predicted molar refractivity (Wildman–Crippen MR) is 123 cm³/mol. The summed E-state index contributed by atoms with van der Waals surface area (Å²) in [6.07, 6.45) is 6.20. The molecule has 1 N–H and O–H groups in total. The third-order valence-corrected chi connectivity index (χ3v) is 7.97. The molecule has 1 amide bonds. The number of nitrogens with zero attached hydrogens (tertiary/aromatic N) is 5. The molecule has 160 valence electrons. The minimum Gasteiger partial charge on any atom is -0.371 e. The van der Waals surface area contributed by atoms with Crippen molar-refractivity contribution in [1.82, 2.24) is 19.4 Å². The summed E-state index contributed by atoms with van der Waals surface area (Å²) in [6.45, 7) is 2.21. The van der Waals surface area contributed by atoms with E-state index in [0.717, 1.165) is 36.5 Å². The van der Waals surface area contributed by atoms with E-state index in [4.69, 9.17) is 0 Å². The topological polar surface area (TPSA) is 75.9 Å². The van der Waals surface area contributed by atoms with Crippen molar-refractivity contribution in [2.75, 3.05) is 23.3 Å². The van der Waals surface area contributed by atoms with E-state index in [1.807, 2.05) is 23.3 Å². The maximum atomic E-state index is 12.5. The summed E-state index contributed by atoms with van der Waals surface area (Å²) in [5.74, 6) is 0.906. The number of rotatable bonds is 6. The third kappa shape index (κ3) is 4.27. The molecule has 1 aromatic carbocycles. The van der Waals surface area contributed by atoms with Gasteiger partial charge in [-0.1, -0.05) is 29.9 Å². The van der Waals surface area contributed by atoms with Crippen LogP contribution in [0.4, 0.5) is 10.8 Å². The minimum atomic E-state index is -0.0387. The highest BCUT2D eigenvalue weighted by Crippen LogP contribution is 2.43. The number of hydrogen-bond donors (Lipinski definition) is 1. The Hall–Kier alpha value is -2.26. The van der Waals surface area contributed by atoms with Crippen molar-refractivity contribution in [3.8, 4) is 0 Å². The SMILES string of the molecule is Cn1nc([C@H]2CCC[C@H](c3nnc(NC(=O)Cc4cccc(N5CCC5)c4)s3)C2)s1.[HH]. The number of nitrogens with one attached hydrogen (secondary N) is 1. The van der Waals surface area contributed by atoms with Gasteiger partial charge in [-0.25, -0.2) is 4.07 Å². The second-order valence-electron chi connectivity index (χ2n) is 8.24. The number of carbonyl (C=O) groups is 1. The first-order valence-corrected chi connectivity index (χ1v) is 12.2. The molecule has 1 aliphatic heterocycles. The van der Waals surface area contributed by atoms with Crippen molar-refractivity contribution >= 4 is 39.6 Å². The first-order chi connectivity index (χ1) is 14.6. The lowest BCUT2D eigenvalue weighted by Crippen LogP contribution is -2.36. The van der Waals surface area contributed by atoms with E-state index in [0.29, 0.717) is 23.4 Å². The molecular weight excluding hydrogens is 416 g/mol. The average Bonchev–Trinajstić information content (AvgIpc) is 3.13. The molecule has 3 heterocycles. The zero-order valence-electron chi connectivity index (χ0n) is 17.1. The minimum absolute atomic E-state index is 0. The van der Waals surface area contributed by atoms with Crippen LogP contribution in [0.1, 0.15) is 60.9 Å². The molecule has 7 nitrogen and oxygen atoms in total. The van der Waals surface area contributed by atoms with Crippen molar-refractivity contribution < 1.29 is 6.22 Å². The first-order valence-electron chi connectivity index (χ1n) is 10.6. The Labute approximate surface area is 185 Å². The second-order valence-corrected chi connectivity index (χ2v) is 10.4. The van der Waals surface area contributed by atoms with Crippen molar-refractivity contribution in [2.24, 2.45) is 7.05 Å². The number of aromatic nitrogens is 4. The molecule has 2 aliphatic rings. The van der Waals surface area contributed by atoms with Crippen LogP contribution in [0, 0.1) is 0 Å². The highest BCUT2D eigenvalue weighted by Gasteiger charge is 2.29. The summed E-state index contributed by atoms with van der Waals surface area (Å²) in [5.41, 5.74) is 2.23. The van der Waals surface area contributed by atoms with Gasteiger partial charge in [0.2, 0.25) is 11.0 Å². The molecule has 9 heteroatoms. The van der Waals surface area contributed by atoms with Crippen LogP contribution in [0.3, 0.4) is 0 Å².